The normalized spacial score (nSPS) is 12.4. The summed E-state index contributed by atoms with van der Waals surface area (Å²) in [6, 6.07) is 10.2. The summed E-state index contributed by atoms with van der Waals surface area (Å²) >= 11 is 0. The van der Waals surface area contributed by atoms with Crippen molar-refractivity contribution in [3.05, 3.63) is 48.3 Å². The van der Waals surface area contributed by atoms with Gasteiger partial charge in [0.1, 0.15) is 0 Å². The van der Waals surface area contributed by atoms with Crippen LogP contribution in [0.15, 0.2) is 42.7 Å². The standard InChI is InChI=1S/C13H17N3O/c1-11(17)7-14-13-8-15-16(10-13)9-12-5-3-2-4-6-12/h2-6,8,10-11,14,17H,7,9H2,1H3/t11-/m1/s1. The molecule has 90 valence electrons. The van der Waals surface area contributed by atoms with Crippen LogP contribution in [0.1, 0.15) is 12.5 Å². The van der Waals surface area contributed by atoms with Crippen molar-refractivity contribution in [2.75, 3.05) is 11.9 Å². The average Bonchev–Trinajstić information content (AvgIpc) is 2.75. The summed E-state index contributed by atoms with van der Waals surface area (Å²) < 4.78 is 1.87. The largest absolute Gasteiger partial charge is 0.392 e. The predicted octanol–water partition coefficient (Wildman–Crippen LogP) is 1.72. The highest BCUT2D eigenvalue weighted by Crippen LogP contribution is 2.07. The van der Waals surface area contributed by atoms with Gasteiger partial charge < -0.3 is 10.4 Å². The van der Waals surface area contributed by atoms with Gasteiger partial charge in [0.05, 0.1) is 24.5 Å². The number of nitrogens with zero attached hydrogens (tertiary/aromatic N) is 2. The van der Waals surface area contributed by atoms with E-state index in [1.807, 2.05) is 29.1 Å². The molecule has 0 spiro atoms. The fourth-order valence-electron chi connectivity index (χ4n) is 1.58. The quantitative estimate of drug-likeness (QED) is 0.824. The van der Waals surface area contributed by atoms with Gasteiger partial charge >= 0.3 is 0 Å². The maximum absolute atomic E-state index is 9.17. The monoisotopic (exact) mass is 231 g/mol. The van der Waals surface area contributed by atoms with Crippen LogP contribution in [0.2, 0.25) is 0 Å². The maximum Gasteiger partial charge on any atom is 0.0727 e. The molecule has 17 heavy (non-hydrogen) atoms. The fourth-order valence-corrected chi connectivity index (χ4v) is 1.58. The summed E-state index contributed by atoms with van der Waals surface area (Å²) in [6.07, 6.45) is 3.35. The van der Waals surface area contributed by atoms with Crippen LogP contribution in [-0.2, 0) is 6.54 Å². The van der Waals surface area contributed by atoms with E-state index < -0.39 is 0 Å². The first-order valence-electron chi connectivity index (χ1n) is 5.72. The Labute approximate surface area is 101 Å². The van der Waals surface area contributed by atoms with E-state index in [0.29, 0.717) is 6.54 Å². The van der Waals surface area contributed by atoms with Gasteiger partial charge in [-0.15, -0.1) is 0 Å². The highest BCUT2D eigenvalue weighted by Gasteiger charge is 2.00. The molecule has 0 fully saturated rings. The number of hydrogen-bond acceptors (Lipinski definition) is 3. The highest BCUT2D eigenvalue weighted by molar-refractivity contribution is 5.38. The van der Waals surface area contributed by atoms with Gasteiger partial charge in [0.15, 0.2) is 0 Å². The zero-order chi connectivity index (χ0) is 12.1. The number of anilines is 1. The summed E-state index contributed by atoms with van der Waals surface area (Å²) in [5.74, 6) is 0. The van der Waals surface area contributed by atoms with Gasteiger partial charge in [0, 0.05) is 12.7 Å². The van der Waals surface area contributed by atoms with Crippen LogP contribution in [0.3, 0.4) is 0 Å². The van der Waals surface area contributed by atoms with Gasteiger partial charge in [-0.2, -0.15) is 5.10 Å². The number of rotatable bonds is 5. The summed E-state index contributed by atoms with van der Waals surface area (Å²) in [5.41, 5.74) is 2.15. The van der Waals surface area contributed by atoms with Gasteiger partial charge in [0.25, 0.3) is 0 Å². The van der Waals surface area contributed by atoms with Crippen molar-refractivity contribution in [2.24, 2.45) is 0 Å². The molecule has 1 atom stereocenters. The van der Waals surface area contributed by atoms with E-state index in [4.69, 9.17) is 5.11 Å². The molecule has 4 heteroatoms. The molecule has 0 bridgehead atoms. The number of aliphatic hydroxyl groups excluding tert-OH is 1. The van der Waals surface area contributed by atoms with E-state index in [-0.39, 0.29) is 6.10 Å². The summed E-state index contributed by atoms with van der Waals surface area (Å²) in [7, 11) is 0. The molecule has 0 radical (unpaired) electrons. The smallest absolute Gasteiger partial charge is 0.0727 e. The summed E-state index contributed by atoms with van der Waals surface area (Å²) in [5, 5.41) is 16.5. The minimum Gasteiger partial charge on any atom is -0.392 e. The second kappa shape index (κ2) is 5.50. The zero-order valence-electron chi connectivity index (χ0n) is 9.87. The Balaban J connectivity index is 1.94. The van der Waals surface area contributed by atoms with Crippen molar-refractivity contribution in [1.82, 2.24) is 9.78 Å². The van der Waals surface area contributed by atoms with Crippen LogP contribution in [-0.4, -0.2) is 27.5 Å². The number of aromatic nitrogens is 2. The average molecular weight is 231 g/mol. The van der Waals surface area contributed by atoms with E-state index in [1.165, 1.54) is 5.56 Å². The summed E-state index contributed by atoms with van der Waals surface area (Å²) in [6.45, 7) is 3.05. The molecule has 0 aliphatic heterocycles. The zero-order valence-corrected chi connectivity index (χ0v) is 9.87. The van der Waals surface area contributed by atoms with Gasteiger partial charge in [0.2, 0.25) is 0 Å². The van der Waals surface area contributed by atoms with Crippen LogP contribution < -0.4 is 5.32 Å². The van der Waals surface area contributed by atoms with Crippen LogP contribution in [0.5, 0.6) is 0 Å². The van der Waals surface area contributed by atoms with Crippen molar-refractivity contribution in [3.8, 4) is 0 Å². The van der Waals surface area contributed by atoms with E-state index in [0.717, 1.165) is 12.2 Å². The lowest BCUT2D eigenvalue weighted by atomic mass is 10.2. The third-order valence-corrected chi connectivity index (χ3v) is 2.42. The lowest BCUT2D eigenvalue weighted by Gasteiger charge is -2.05. The molecule has 0 aliphatic rings. The third-order valence-electron chi connectivity index (χ3n) is 2.42. The SMILES string of the molecule is C[C@@H](O)CNc1cnn(Cc2ccccc2)c1. The second-order valence-electron chi connectivity index (χ2n) is 4.14. The fraction of sp³-hybridized carbons (Fsp3) is 0.308. The number of hydrogen-bond donors (Lipinski definition) is 2. The Kier molecular flexibility index (Phi) is 3.77. The molecule has 0 saturated carbocycles. The molecule has 2 aromatic rings. The Morgan fingerprint density at radius 2 is 2.12 bits per heavy atom. The van der Waals surface area contributed by atoms with Gasteiger partial charge in [-0.25, -0.2) is 0 Å². The lowest BCUT2D eigenvalue weighted by Crippen LogP contribution is -2.14. The number of aliphatic hydroxyl groups is 1. The van der Waals surface area contributed by atoms with Crippen molar-refractivity contribution >= 4 is 5.69 Å². The summed E-state index contributed by atoms with van der Waals surface area (Å²) in [4.78, 5) is 0. The van der Waals surface area contributed by atoms with Gasteiger partial charge in [-0.05, 0) is 12.5 Å². The minimum absolute atomic E-state index is 0.354. The number of nitrogens with one attached hydrogen (secondary N) is 1. The Morgan fingerprint density at radius 1 is 1.35 bits per heavy atom. The topological polar surface area (TPSA) is 50.1 Å². The molecule has 2 rings (SSSR count). The predicted molar refractivity (Wildman–Crippen MR) is 67.9 cm³/mol. The lowest BCUT2D eigenvalue weighted by molar-refractivity contribution is 0.208. The molecular weight excluding hydrogens is 214 g/mol. The van der Waals surface area contributed by atoms with E-state index in [2.05, 4.69) is 22.5 Å². The van der Waals surface area contributed by atoms with Crippen LogP contribution in [0.4, 0.5) is 5.69 Å². The maximum atomic E-state index is 9.17. The van der Waals surface area contributed by atoms with Crippen LogP contribution in [0.25, 0.3) is 0 Å². The molecule has 1 aromatic heterocycles. The molecule has 0 saturated heterocycles. The van der Waals surface area contributed by atoms with Crippen molar-refractivity contribution in [2.45, 2.75) is 19.6 Å². The van der Waals surface area contributed by atoms with Crippen LogP contribution >= 0.6 is 0 Å². The molecule has 4 nitrogen and oxygen atoms in total. The molecule has 0 unspecified atom stereocenters. The molecule has 0 amide bonds. The van der Waals surface area contributed by atoms with Crippen molar-refractivity contribution < 1.29 is 5.11 Å². The first kappa shape index (κ1) is 11.7. The van der Waals surface area contributed by atoms with Gasteiger partial charge in [-0.1, -0.05) is 30.3 Å². The third kappa shape index (κ3) is 3.60. The van der Waals surface area contributed by atoms with Crippen LogP contribution in [0, 0.1) is 0 Å². The van der Waals surface area contributed by atoms with E-state index in [1.54, 1.807) is 13.1 Å². The van der Waals surface area contributed by atoms with E-state index in [9.17, 15) is 0 Å². The Hall–Kier alpha value is -1.81. The molecule has 0 aliphatic carbocycles. The van der Waals surface area contributed by atoms with Crippen molar-refractivity contribution in [3.63, 3.8) is 0 Å². The first-order valence-corrected chi connectivity index (χ1v) is 5.72. The Bertz CT molecular complexity index is 451. The molecule has 2 N–H and O–H groups in total. The Morgan fingerprint density at radius 3 is 2.82 bits per heavy atom. The highest BCUT2D eigenvalue weighted by atomic mass is 16.3. The van der Waals surface area contributed by atoms with E-state index >= 15 is 0 Å². The van der Waals surface area contributed by atoms with Crippen molar-refractivity contribution in [1.29, 1.82) is 0 Å². The molecular formula is C13H17N3O. The molecule has 1 aromatic carbocycles. The number of benzene rings is 1. The molecule has 1 heterocycles. The van der Waals surface area contributed by atoms with Gasteiger partial charge in [-0.3, -0.25) is 4.68 Å². The minimum atomic E-state index is -0.354. The first-order chi connectivity index (χ1) is 8.24. The second-order valence-corrected chi connectivity index (χ2v) is 4.14.